The van der Waals surface area contributed by atoms with Gasteiger partial charge in [0.1, 0.15) is 0 Å². The zero-order valence-corrected chi connectivity index (χ0v) is 11.6. The predicted molar refractivity (Wildman–Crippen MR) is 83.4 cm³/mol. The smallest absolute Gasteiger partial charge is 0.0419 e. The number of benzene rings is 2. The quantitative estimate of drug-likeness (QED) is 0.787. The third-order valence-electron chi connectivity index (χ3n) is 2.93. The molecule has 0 radical (unpaired) electrons. The summed E-state index contributed by atoms with van der Waals surface area (Å²) in [6, 6.07) is 18.3. The molecule has 0 fully saturated rings. The highest BCUT2D eigenvalue weighted by Gasteiger charge is 2.02. The Morgan fingerprint density at radius 2 is 1.58 bits per heavy atom. The summed E-state index contributed by atoms with van der Waals surface area (Å²) in [5.41, 5.74) is 14.8. The summed E-state index contributed by atoms with van der Waals surface area (Å²) in [5.74, 6) is 0. The summed E-state index contributed by atoms with van der Waals surface area (Å²) in [6.07, 6.45) is 0. The van der Waals surface area contributed by atoms with Crippen LogP contribution in [0.2, 0.25) is 0 Å². The molecular weight excluding hydrogens is 258 g/mol. The minimum Gasteiger partial charge on any atom is -0.381 e. The second-order valence-electron chi connectivity index (χ2n) is 4.30. The van der Waals surface area contributed by atoms with Gasteiger partial charge >= 0.3 is 0 Å². The van der Waals surface area contributed by atoms with Crippen molar-refractivity contribution in [3.05, 3.63) is 65.7 Å². The molecule has 102 valence electrons. The van der Waals surface area contributed by atoms with Gasteiger partial charge < -0.3 is 16.8 Å². The van der Waals surface area contributed by atoms with Crippen LogP contribution in [-0.2, 0) is 6.54 Å². The summed E-state index contributed by atoms with van der Waals surface area (Å²) in [6.45, 7) is 1.29. The maximum Gasteiger partial charge on any atom is 0.0419 e. The van der Waals surface area contributed by atoms with Crippen molar-refractivity contribution in [1.29, 1.82) is 0 Å². The Kier molecular flexibility index (Phi) is 6.36. The molecule has 0 bridgehead atoms. The number of rotatable bonds is 5. The van der Waals surface area contributed by atoms with Crippen LogP contribution in [0.5, 0.6) is 0 Å². The molecule has 2 aromatic carbocycles. The fourth-order valence-electron chi connectivity index (χ4n) is 1.78. The molecule has 0 spiro atoms. The van der Waals surface area contributed by atoms with Crippen LogP contribution in [-0.4, -0.2) is 6.54 Å². The summed E-state index contributed by atoms with van der Waals surface area (Å²) in [7, 11) is 0. The number of hydrogen-bond donors (Lipinski definition) is 3. The first-order valence-electron chi connectivity index (χ1n) is 6.13. The van der Waals surface area contributed by atoms with Crippen LogP contribution >= 0.6 is 12.4 Å². The Morgan fingerprint density at radius 3 is 2.16 bits per heavy atom. The molecule has 19 heavy (non-hydrogen) atoms. The van der Waals surface area contributed by atoms with Crippen molar-refractivity contribution in [3.8, 4) is 0 Å². The van der Waals surface area contributed by atoms with Gasteiger partial charge in [-0.1, -0.05) is 42.5 Å². The van der Waals surface area contributed by atoms with E-state index >= 15 is 0 Å². The predicted octanol–water partition coefficient (Wildman–Crippen LogP) is 2.68. The number of hydrogen-bond acceptors (Lipinski definition) is 3. The third-order valence-corrected chi connectivity index (χ3v) is 2.93. The van der Waals surface area contributed by atoms with E-state index in [4.69, 9.17) is 11.5 Å². The van der Waals surface area contributed by atoms with Gasteiger partial charge in [-0.3, -0.25) is 0 Å². The minimum absolute atomic E-state index is 0. The Bertz CT molecular complexity index is 471. The zero-order valence-electron chi connectivity index (χ0n) is 10.8. The van der Waals surface area contributed by atoms with E-state index < -0.39 is 0 Å². The number of halogens is 1. The fourth-order valence-corrected chi connectivity index (χ4v) is 1.78. The molecule has 0 aromatic heterocycles. The van der Waals surface area contributed by atoms with Crippen molar-refractivity contribution < 1.29 is 0 Å². The van der Waals surface area contributed by atoms with Crippen LogP contribution < -0.4 is 16.8 Å². The van der Waals surface area contributed by atoms with E-state index in [0.29, 0.717) is 6.54 Å². The SMILES string of the molecule is Cl.NC[C@@H](N)c1ccc(NCc2ccccc2)cc1. The fraction of sp³-hybridized carbons (Fsp3) is 0.200. The Labute approximate surface area is 120 Å². The molecule has 0 saturated carbocycles. The number of nitrogens with two attached hydrogens (primary N) is 2. The molecule has 5 N–H and O–H groups in total. The average Bonchev–Trinajstić information content (AvgIpc) is 2.46. The van der Waals surface area contributed by atoms with E-state index in [1.54, 1.807) is 0 Å². The highest BCUT2D eigenvalue weighted by atomic mass is 35.5. The maximum atomic E-state index is 5.86. The van der Waals surface area contributed by atoms with Crippen molar-refractivity contribution in [3.63, 3.8) is 0 Å². The highest BCUT2D eigenvalue weighted by molar-refractivity contribution is 5.85. The molecule has 4 heteroatoms. The highest BCUT2D eigenvalue weighted by Crippen LogP contribution is 2.14. The first kappa shape index (κ1) is 15.5. The first-order chi connectivity index (χ1) is 8.79. The Balaban J connectivity index is 0.00000180. The lowest BCUT2D eigenvalue weighted by molar-refractivity contribution is 0.737. The molecule has 2 rings (SSSR count). The second-order valence-corrected chi connectivity index (χ2v) is 4.30. The summed E-state index contributed by atoms with van der Waals surface area (Å²) >= 11 is 0. The first-order valence-corrected chi connectivity index (χ1v) is 6.13. The lowest BCUT2D eigenvalue weighted by Gasteiger charge is -2.11. The van der Waals surface area contributed by atoms with Crippen molar-refractivity contribution in [1.82, 2.24) is 0 Å². The van der Waals surface area contributed by atoms with Crippen LogP contribution in [0.25, 0.3) is 0 Å². The van der Waals surface area contributed by atoms with Crippen LogP contribution in [0.15, 0.2) is 54.6 Å². The minimum atomic E-state index is -0.0758. The molecule has 0 aliphatic heterocycles. The second kappa shape index (κ2) is 7.79. The molecule has 0 unspecified atom stereocenters. The van der Waals surface area contributed by atoms with Gasteiger partial charge in [0.2, 0.25) is 0 Å². The van der Waals surface area contributed by atoms with Gasteiger partial charge in [-0.05, 0) is 23.3 Å². The lowest BCUT2D eigenvalue weighted by Crippen LogP contribution is -2.20. The summed E-state index contributed by atoms with van der Waals surface area (Å²) in [5, 5.41) is 3.37. The van der Waals surface area contributed by atoms with Crippen molar-refractivity contribution in [2.24, 2.45) is 11.5 Å². The number of nitrogens with one attached hydrogen (secondary N) is 1. The van der Waals surface area contributed by atoms with E-state index in [2.05, 4.69) is 17.4 Å². The van der Waals surface area contributed by atoms with Crippen molar-refractivity contribution >= 4 is 18.1 Å². The van der Waals surface area contributed by atoms with Gasteiger partial charge in [-0.25, -0.2) is 0 Å². The molecule has 0 saturated heterocycles. The molecular formula is C15H20ClN3. The van der Waals surface area contributed by atoms with Gasteiger partial charge in [0.25, 0.3) is 0 Å². The average molecular weight is 278 g/mol. The summed E-state index contributed by atoms with van der Waals surface area (Å²) in [4.78, 5) is 0. The van der Waals surface area contributed by atoms with E-state index in [9.17, 15) is 0 Å². The van der Waals surface area contributed by atoms with Gasteiger partial charge in [0.05, 0.1) is 0 Å². The molecule has 3 nitrogen and oxygen atoms in total. The van der Waals surface area contributed by atoms with Gasteiger partial charge in [-0.2, -0.15) is 0 Å². The molecule has 0 amide bonds. The van der Waals surface area contributed by atoms with Gasteiger partial charge in [0.15, 0.2) is 0 Å². The Morgan fingerprint density at radius 1 is 0.947 bits per heavy atom. The van der Waals surface area contributed by atoms with Crippen LogP contribution in [0, 0.1) is 0 Å². The van der Waals surface area contributed by atoms with Crippen LogP contribution in [0.1, 0.15) is 17.2 Å². The topological polar surface area (TPSA) is 64.1 Å². The zero-order chi connectivity index (χ0) is 12.8. The van der Waals surface area contributed by atoms with E-state index in [1.165, 1.54) is 5.56 Å². The monoisotopic (exact) mass is 277 g/mol. The third kappa shape index (κ3) is 4.56. The van der Waals surface area contributed by atoms with E-state index in [0.717, 1.165) is 17.8 Å². The number of anilines is 1. The molecule has 0 aliphatic carbocycles. The van der Waals surface area contributed by atoms with Crippen LogP contribution in [0.4, 0.5) is 5.69 Å². The lowest BCUT2D eigenvalue weighted by atomic mass is 10.1. The maximum absolute atomic E-state index is 5.86. The largest absolute Gasteiger partial charge is 0.381 e. The molecule has 2 aromatic rings. The van der Waals surface area contributed by atoms with E-state index in [1.807, 2.05) is 42.5 Å². The van der Waals surface area contributed by atoms with Crippen molar-refractivity contribution in [2.75, 3.05) is 11.9 Å². The van der Waals surface area contributed by atoms with Crippen molar-refractivity contribution in [2.45, 2.75) is 12.6 Å². The van der Waals surface area contributed by atoms with E-state index in [-0.39, 0.29) is 18.4 Å². The van der Waals surface area contributed by atoms with Gasteiger partial charge in [-0.15, -0.1) is 12.4 Å². The molecule has 0 heterocycles. The van der Waals surface area contributed by atoms with Gasteiger partial charge in [0, 0.05) is 24.8 Å². The summed E-state index contributed by atoms with van der Waals surface area (Å²) < 4.78 is 0. The standard InChI is InChI=1S/C15H19N3.ClH/c16-10-15(17)13-6-8-14(9-7-13)18-11-12-4-2-1-3-5-12;/h1-9,15,18H,10-11,16-17H2;1H/t15-;/m1./s1. The Hall–Kier alpha value is -1.55. The molecule has 1 atom stereocenters. The van der Waals surface area contributed by atoms with Crippen LogP contribution in [0.3, 0.4) is 0 Å². The molecule has 0 aliphatic rings. The normalized spacial score (nSPS) is 11.5.